The average molecular weight is 241 g/mol. The number of nitrogens with one attached hydrogen (secondary N) is 1. The molecule has 0 spiro atoms. The maximum absolute atomic E-state index is 11.2. The quantitative estimate of drug-likeness (QED) is 0.863. The van der Waals surface area contributed by atoms with Crippen molar-refractivity contribution < 1.29 is 4.21 Å². The minimum Gasteiger partial charge on any atom is -0.329 e. The standard InChI is InChI=1S/C11H19N3OS/c1-9(7-16(2)15)14-8-12-6-11(14)10-4-3-5-13-10/h6,8-10,13H,3-5,7H2,1-2H3. The molecule has 0 bridgehead atoms. The zero-order valence-corrected chi connectivity index (χ0v) is 10.7. The van der Waals surface area contributed by atoms with Gasteiger partial charge < -0.3 is 9.88 Å². The first-order valence-electron chi connectivity index (χ1n) is 5.73. The molecule has 0 aromatic carbocycles. The van der Waals surface area contributed by atoms with E-state index in [0.717, 1.165) is 6.54 Å². The van der Waals surface area contributed by atoms with Crippen molar-refractivity contribution in [2.24, 2.45) is 0 Å². The van der Waals surface area contributed by atoms with E-state index >= 15 is 0 Å². The molecule has 3 atom stereocenters. The lowest BCUT2D eigenvalue weighted by Crippen LogP contribution is -2.20. The fourth-order valence-electron chi connectivity index (χ4n) is 2.31. The van der Waals surface area contributed by atoms with Gasteiger partial charge in [0.15, 0.2) is 0 Å². The smallest absolute Gasteiger partial charge is 0.0951 e. The lowest BCUT2D eigenvalue weighted by molar-refractivity contribution is 0.521. The van der Waals surface area contributed by atoms with Gasteiger partial charge in [0.1, 0.15) is 0 Å². The first-order chi connectivity index (χ1) is 7.68. The van der Waals surface area contributed by atoms with Crippen LogP contribution >= 0.6 is 0 Å². The highest BCUT2D eigenvalue weighted by Crippen LogP contribution is 2.24. The van der Waals surface area contributed by atoms with Crippen molar-refractivity contribution in [3.8, 4) is 0 Å². The van der Waals surface area contributed by atoms with E-state index in [1.165, 1.54) is 18.5 Å². The van der Waals surface area contributed by atoms with Crippen LogP contribution in [0.3, 0.4) is 0 Å². The lowest BCUT2D eigenvalue weighted by Gasteiger charge is -2.19. The Morgan fingerprint density at radius 1 is 1.75 bits per heavy atom. The van der Waals surface area contributed by atoms with Crippen LogP contribution in [0.4, 0.5) is 0 Å². The van der Waals surface area contributed by atoms with Gasteiger partial charge in [0.25, 0.3) is 0 Å². The first-order valence-corrected chi connectivity index (χ1v) is 7.46. The molecule has 1 N–H and O–H groups in total. The van der Waals surface area contributed by atoms with Crippen LogP contribution in [0.5, 0.6) is 0 Å². The average Bonchev–Trinajstić information content (AvgIpc) is 2.87. The van der Waals surface area contributed by atoms with Gasteiger partial charge in [0, 0.05) is 41.1 Å². The zero-order chi connectivity index (χ0) is 11.5. The fraction of sp³-hybridized carbons (Fsp3) is 0.727. The van der Waals surface area contributed by atoms with E-state index in [2.05, 4.69) is 21.8 Å². The van der Waals surface area contributed by atoms with E-state index in [-0.39, 0.29) is 6.04 Å². The van der Waals surface area contributed by atoms with Crippen molar-refractivity contribution in [1.29, 1.82) is 0 Å². The van der Waals surface area contributed by atoms with Gasteiger partial charge >= 0.3 is 0 Å². The second-order valence-corrected chi connectivity index (χ2v) is 5.94. The molecule has 1 fully saturated rings. The summed E-state index contributed by atoms with van der Waals surface area (Å²) in [6.07, 6.45) is 7.93. The summed E-state index contributed by atoms with van der Waals surface area (Å²) in [6.45, 7) is 3.19. The highest BCUT2D eigenvalue weighted by atomic mass is 32.2. The predicted octanol–water partition coefficient (Wildman–Crippen LogP) is 1.25. The van der Waals surface area contributed by atoms with Gasteiger partial charge in [-0.2, -0.15) is 0 Å². The maximum atomic E-state index is 11.2. The fourth-order valence-corrected chi connectivity index (χ4v) is 3.15. The van der Waals surface area contributed by atoms with Crippen LogP contribution in [0.2, 0.25) is 0 Å². The van der Waals surface area contributed by atoms with Crippen LogP contribution in [-0.2, 0) is 10.8 Å². The highest BCUT2D eigenvalue weighted by Gasteiger charge is 2.21. The Balaban J connectivity index is 2.14. The monoisotopic (exact) mass is 241 g/mol. The third kappa shape index (κ3) is 2.52. The van der Waals surface area contributed by atoms with Gasteiger partial charge in [-0.05, 0) is 26.3 Å². The van der Waals surface area contributed by atoms with E-state index in [1.54, 1.807) is 6.26 Å². The summed E-state index contributed by atoms with van der Waals surface area (Å²) in [4.78, 5) is 4.22. The van der Waals surface area contributed by atoms with Crippen molar-refractivity contribution in [2.45, 2.75) is 31.8 Å². The largest absolute Gasteiger partial charge is 0.329 e. The normalized spacial score (nSPS) is 24.5. The Labute approximate surface area is 98.9 Å². The Hall–Kier alpha value is -0.680. The molecule has 2 heterocycles. The first kappa shape index (κ1) is 11.8. The van der Waals surface area contributed by atoms with Gasteiger partial charge in [-0.3, -0.25) is 4.21 Å². The third-order valence-corrected chi connectivity index (χ3v) is 4.02. The van der Waals surface area contributed by atoms with Crippen molar-refractivity contribution in [1.82, 2.24) is 14.9 Å². The highest BCUT2D eigenvalue weighted by molar-refractivity contribution is 7.84. The van der Waals surface area contributed by atoms with Gasteiger partial charge in [0.2, 0.25) is 0 Å². The number of hydrogen-bond donors (Lipinski definition) is 1. The summed E-state index contributed by atoms with van der Waals surface area (Å²) >= 11 is 0. The molecule has 5 heteroatoms. The topological polar surface area (TPSA) is 46.9 Å². The van der Waals surface area contributed by atoms with E-state index in [0.29, 0.717) is 11.8 Å². The molecule has 0 amide bonds. The molecule has 3 unspecified atom stereocenters. The van der Waals surface area contributed by atoms with Crippen molar-refractivity contribution in [2.75, 3.05) is 18.6 Å². The number of nitrogens with zero attached hydrogens (tertiary/aromatic N) is 2. The van der Waals surface area contributed by atoms with Crippen LogP contribution in [0.1, 0.15) is 37.5 Å². The van der Waals surface area contributed by atoms with E-state index in [4.69, 9.17) is 0 Å². The number of imidazole rings is 1. The second kappa shape index (κ2) is 5.10. The SMILES string of the molecule is CC(CS(C)=O)n1cncc1C1CCCN1. The van der Waals surface area contributed by atoms with Gasteiger partial charge in [-0.25, -0.2) is 4.98 Å². The summed E-state index contributed by atoms with van der Waals surface area (Å²) < 4.78 is 13.4. The van der Waals surface area contributed by atoms with Crippen LogP contribution in [0.25, 0.3) is 0 Å². The van der Waals surface area contributed by atoms with E-state index in [9.17, 15) is 4.21 Å². The number of aromatic nitrogens is 2. The minimum atomic E-state index is -0.759. The lowest BCUT2D eigenvalue weighted by atomic mass is 10.1. The third-order valence-electron chi connectivity index (χ3n) is 3.06. The molecule has 1 aromatic rings. The van der Waals surface area contributed by atoms with E-state index in [1.807, 2.05) is 12.5 Å². The Morgan fingerprint density at radius 3 is 3.19 bits per heavy atom. The zero-order valence-electron chi connectivity index (χ0n) is 9.85. The van der Waals surface area contributed by atoms with Gasteiger partial charge in [-0.1, -0.05) is 0 Å². The summed E-state index contributed by atoms with van der Waals surface area (Å²) in [6, 6.07) is 0.681. The van der Waals surface area contributed by atoms with Crippen molar-refractivity contribution in [3.05, 3.63) is 18.2 Å². The molecule has 16 heavy (non-hydrogen) atoms. The van der Waals surface area contributed by atoms with Crippen LogP contribution in [0, 0.1) is 0 Å². The molecule has 1 aliphatic heterocycles. The van der Waals surface area contributed by atoms with Gasteiger partial charge in [0.05, 0.1) is 12.0 Å². The Kier molecular flexibility index (Phi) is 3.76. The van der Waals surface area contributed by atoms with Crippen molar-refractivity contribution >= 4 is 10.8 Å². The molecule has 90 valence electrons. The maximum Gasteiger partial charge on any atom is 0.0951 e. The Morgan fingerprint density at radius 2 is 2.56 bits per heavy atom. The molecule has 0 radical (unpaired) electrons. The van der Waals surface area contributed by atoms with Gasteiger partial charge in [-0.15, -0.1) is 0 Å². The molecule has 4 nitrogen and oxygen atoms in total. The molecule has 1 saturated heterocycles. The predicted molar refractivity (Wildman–Crippen MR) is 65.8 cm³/mol. The minimum absolute atomic E-state index is 0.255. The molecule has 0 saturated carbocycles. The molecule has 2 rings (SSSR count). The van der Waals surface area contributed by atoms with Crippen LogP contribution in [0.15, 0.2) is 12.5 Å². The summed E-state index contributed by atoms with van der Waals surface area (Å²) in [5.41, 5.74) is 1.23. The number of hydrogen-bond acceptors (Lipinski definition) is 3. The second-order valence-electron chi connectivity index (χ2n) is 4.46. The molecule has 1 aliphatic rings. The molecule has 1 aromatic heterocycles. The molecular weight excluding hydrogens is 222 g/mol. The Bertz CT molecular complexity index is 371. The molecular formula is C11H19N3OS. The summed E-state index contributed by atoms with van der Waals surface area (Å²) in [7, 11) is -0.759. The summed E-state index contributed by atoms with van der Waals surface area (Å²) in [5, 5.41) is 3.47. The molecule has 0 aliphatic carbocycles. The van der Waals surface area contributed by atoms with Crippen molar-refractivity contribution in [3.63, 3.8) is 0 Å². The summed E-state index contributed by atoms with van der Waals surface area (Å²) in [5.74, 6) is 0.691. The van der Waals surface area contributed by atoms with Crippen LogP contribution < -0.4 is 5.32 Å². The van der Waals surface area contributed by atoms with Crippen LogP contribution in [-0.4, -0.2) is 32.3 Å². The number of rotatable bonds is 4. The van der Waals surface area contributed by atoms with E-state index < -0.39 is 10.8 Å².